The van der Waals surface area contributed by atoms with Crippen LogP contribution in [0, 0.1) is 12.8 Å². The minimum Gasteiger partial charge on any atom is -0.487 e. The fourth-order valence-electron chi connectivity index (χ4n) is 4.75. The van der Waals surface area contributed by atoms with Crippen molar-refractivity contribution in [2.45, 2.75) is 44.0 Å². The summed E-state index contributed by atoms with van der Waals surface area (Å²) in [6.07, 6.45) is -5.17. The largest absolute Gasteiger partial charge is 0.487 e. The number of rotatable bonds is 8. The number of alkyl halides is 3. The smallest absolute Gasteiger partial charge is 0.416 e. The number of sulfonamides is 1. The van der Waals surface area contributed by atoms with Crippen molar-refractivity contribution in [2.24, 2.45) is 5.92 Å². The van der Waals surface area contributed by atoms with Crippen LogP contribution in [0.5, 0.6) is 5.75 Å². The highest BCUT2D eigenvalue weighted by Crippen LogP contribution is 2.32. The van der Waals surface area contributed by atoms with Crippen LogP contribution < -0.4 is 14.8 Å². The Labute approximate surface area is 259 Å². The van der Waals surface area contributed by atoms with Gasteiger partial charge in [0.2, 0.25) is 0 Å². The summed E-state index contributed by atoms with van der Waals surface area (Å²) in [5, 5.41) is 12.5. The third-order valence-electron chi connectivity index (χ3n) is 7.51. The summed E-state index contributed by atoms with van der Waals surface area (Å²) in [5.41, 5.74) is 0.411. The predicted octanol–water partition coefficient (Wildman–Crippen LogP) is 5.20. The number of likely N-dealkylation sites (N-methyl/N-ethyl adjacent to an activating group) is 1. The zero-order chi connectivity index (χ0) is 33.1. The van der Waals surface area contributed by atoms with E-state index in [2.05, 4.69) is 10.0 Å². The molecule has 0 aromatic heterocycles. The molecule has 3 N–H and O–H groups in total. The van der Waals surface area contributed by atoms with Crippen LogP contribution in [-0.4, -0.2) is 74.2 Å². The molecule has 4 rings (SSSR count). The van der Waals surface area contributed by atoms with E-state index >= 15 is 0 Å². The highest BCUT2D eigenvalue weighted by atomic mass is 32.2. The third kappa shape index (κ3) is 8.05. The number of carbonyl (C=O) groups excluding carboxylic acids is 2. The minimum absolute atomic E-state index is 0.0322. The lowest BCUT2D eigenvalue weighted by atomic mass is 9.99. The van der Waals surface area contributed by atoms with Gasteiger partial charge < -0.3 is 25.0 Å². The lowest BCUT2D eigenvalue weighted by molar-refractivity contribution is -0.137. The topological polar surface area (TPSA) is 128 Å². The van der Waals surface area contributed by atoms with E-state index in [0.29, 0.717) is 0 Å². The van der Waals surface area contributed by atoms with Crippen molar-refractivity contribution in [2.75, 3.05) is 36.8 Å². The number of fused-ring (bicyclic) bond motifs is 1. The molecule has 0 bridgehead atoms. The Morgan fingerprint density at radius 3 is 2.31 bits per heavy atom. The van der Waals surface area contributed by atoms with Gasteiger partial charge in [-0.3, -0.25) is 9.52 Å². The fourth-order valence-corrected chi connectivity index (χ4v) is 5.80. The number of amides is 3. The normalized spacial score (nSPS) is 17.8. The fraction of sp³-hybridized carbons (Fsp3) is 0.355. The molecule has 1 heterocycles. The summed E-state index contributed by atoms with van der Waals surface area (Å²) >= 11 is 0. The molecule has 0 spiro atoms. The number of hydrogen-bond donors (Lipinski definition) is 3. The molecule has 3 amide bonds. The van der Waals surface area contributed by atoms with E-state index in [1.165, 1.54) is 47.2 Å². The molecule has 1 aliphatic rings. The number of aryl methyl sites for hydroxylation is 1. The van der Waals surface area contributed by atoms with Gasteiger partial charge in [0, 0.05) is 30.9 Å². The summed E-state index contributed by atoms with van der Waals surface area (Å²) in [5.74, 6) is -0.653. The number of halogens is 3. The van der Waals surface area contributed by atoms with Gasteiger partial charge in [0.15, 0.2) is 0 Å². The van der Waals surface area contributed by atoms with Gasteiger partial charge in [-0.1, -0.05) is 24.6 Å². The lowest BCUT2D eigenvalue weighted by Gasteiger charge is -2.38. The van der Waals surface area contributed by atoms with Crippen LogP contribution in [0.2, 0.25) is 0 Å². The number of nitrogens with zero attached hydrogens (tertiary/aromatic N) is 2. The molecule has 14 heteroatoms. The number of nitrogens with one attached hydrogen (secondary N) is 2. The first kappa shape index (κ1) is 33.6. The Morgan fingerprint density at radius 1 is 1.09 bits per heavy atom. The quantitative estimate of drug-likeness (QED) is 0.308. The second-order valence-corrected chi connectivity index (χ2v) is 12.8. The van der Waals surface area contributed by atoms with Gasteiger partial charge in [0.05, 0.1) is 35.2 Å². The Morgan fingerprint density at radius 2 is 1.71 bits per heavy atom. The molecule has 0 aliphatic carbocycles. The number of aliphatic hydroxyl groups excluding tert-OH is 1. The Balaban J connectivity index is 1.57. The molecule has 0 saturated carbocycles. The average Bonchev–Trinajstić information content (AvgIpc) is 2.98. The van der Waals surface area contributed by atoms with Crippen molar-refractivity contribution in [3.05, 3.63) is 83.4 Å². The molecule has 3 atom stereocenters. The van der Waals surface area contributed by atoms with Crippen molar-refractivity contribution in [3.63, 3.8) is 0 Å². The van der Waals surface area contributed by atoms with Crippen molar-refractivity contribution in [1.82, 2.24) is 9.80 Å². The molecule has 0 fully saturated rings. The van der Waals surface area contributed by atoms with Crippen LogP contribution in [0.3, 0.4) is 0 Å². The molecular formula is C31H35F3N4O6S. The summed E-state index contributed by atoms with van der Waals surface area (Å²) < 4.78 is 73.5. The monoisotopic (exact) mass is 648 g/mol. The van der Waals surface area contributed by atoms with Crippen LogP contribution in [0.1, 0.15) is 35.3 Å². The zero-order valence-corrected chi connectivity index (χ0v) is 25.9. The first-order valence-electron chi connectivity index (χ1n) is 14.1. The molecule has 0 radical (unpaired) electrons. The average molecular weight is 649 g/mol. The summed E-state index contributed by atoms with van der Waals surface area (Å²) in [7, 11) is -2.47. The first-order chi connectivity index (χ1) is 21.1. The molecule has 3 aromatic rings. The zero-order valence-electron chi connectivity index (χ0n) is 25.1. The van der Waals surface area contributed by atoms with E-state index in [1.807, 2.05) is 13.8 Å². The maximum Gasteiger partial charge on any atom is 0.416 e. The first-order valence-corrected chi connectivity index (χ1v) is 15.6. The molecule has 242 valence electrons. The van der Waals surface area contributed by atoms with Crippen molar-refractivity contribution in [1.29, 1.82) is 0 Å². The minimum atomic E-state index is -4.50. The second kappa shape index (κ2) is 13.4. The number of anilines is 2. The lowest BCUT2D eigenvalue weighted by Crippen LogP contribution is -2.50. The molecule has 10 nitrogen and oxygen atoms in total. The van der Waals surface area contributed by atoms with E-state index < -0.39 is 45.8 Å². The van der Waals surface area contributed by atoms with Crippen molar-refractivity contribution >= 4 is 33.3 Å². The highest BCUT2D eigenvalue weighted by Gasteiger charge is 2.34. The third-order valence-corrected chi connectivity index (χ3v) is 8.91. The van der Waals surface area contributed by atoms with E-state index in [-0.39, 0.29) is 53.2 Å². The van der Waals surface area contributed by atoms with E-state index in [1.54, 1.807) is 19.1 Å². The number of urea groups is 1. The molecule has 1 aliphatic heterocycles. The van der Waals surface area contributed by atoms with Crippen LogP contribution in [-0.2, 0) is 16.2 Å². The van der Waals surface area contributed by atoms with Gasteiger partial charge in [-0.15, -0.1) is 0 Å². The number of ether oxygens (including phenoxy) is 1. The molecular weight excluding hydrogens is 613 g/mol. The van der Waals surface area contributed by atoms with E-state index in [4.69, 9.17) is 4.74 Å². The van der Waals surface area contributed by atoms with Gasteiger partial charge in [-0.05, 0) is 68.4 Å². The SMILES string of the molecule is Cc1ccc(S(=O)(=O)Nc2ccc3c(c2)C(=O)N([C@H](C)CO)C[C@H](C)[C@H](CN(C)C(=O)Nc2ccc(C(F)(F)F)cc2)O3)cc1. The van der Waals surface area contributed by atoms with Crippen LogP contribution in [0.15, 0.2) is 71.6 Å². The number of carbonyl (C=O) groups is 2. The Kier molecular flexibility index (Phi) is 9.98. The molecule has 3 aromatic carbocycles. The maximum atomic E-state index is 13.7. The van der Waals surface area contributed by atoms with Crippen molar-refractivity contribution < 1.29 is 41.0 Å². The maximum absolute atomic E-state index is 13.7. The standard InChI is InChI=1S/C31H35F3N4O6S/c1-19-5-12-25(13-6-19)45(42,43)36-24-11-14-27-26(15-24)29(40)38(21(3)18-39)16-20(2)28(44-27)17-37(4)30(41)35-23-9-7-22(8-10-23)31(32,33)34/h5-15,20-21,28,36,39H,16-18H2,1-4H3,(H,35,41)/t20-,21+,28-/m0/s1. The summed E-state index contributed by atoms with van der Waals surface area (Å²) in [6, 6.07) is 13.5. The molecule has 0 saturated heterocycles. The number of aliphatic hydroxyl groups is 1. The van der Waals surface area contributed by atoms with E-state index in [9.17, 15) is 36.3 Å². The van der Waals surface area contributed by atoms with Gasteiger partial charge in [-0.25, -0.2) is 13.2 Å². The van der Waals surface area contributed by atoms with Gasteiger partial charge in [0.1, 0.15) is 11.9 Å². The van der Waals surface area contributed by atoms with Gasteiger partial charge in [0.25, 0.3) is 15.9 Å². The summed E-state index contributed by atoms with van der Waals surface area (Å²) in [4.78, 5) is 29.5. The molecule has 0 unspecified atom stereocenters. The number of benzene rings is 3. The van der Waals surface area contributed by atoms with E-state index in [0.717, 1.165) is 29.8 Å². The predicted molar refractivity (Wildman–Crippen MR) is 163 cm³/mol. The van der Waals surface area contributed by atoms with Crippen molar-refractivity contribution in [3.8, 4) is 5.75 Å². The van der Waals surface area contributed by atoms with Crippen LogP contribution >= 0.6 is 0 Å². The van der Waals surface area contributed by atoms with Crippen LogP contribution in [0.4, 0.5) is 29.3 Å². The van der Waals surface area contributed by atoms with Gasteiger partial charge >= 0.3 is 12.2 Å². The van der Waals surface area contributed by atoms with Gasteiger partial charge in [-0.2, -0.15) is 13.2 Å². The summed E-state index contributed by atoms with van der Waals surface area (Å²) in [6.45, 7) is 5.19. The molecule has 45 heavy (non-hydrogen) atoms. The number of hydrogen-bond acceptors (Lipinski definition) is 6. The second-order valence-electron chi connectivity index (χ2n) is 11.1. The highest BCUT2D eigenvalue weighted by molar-refractivity contribution is 7.92. The Bertz CT molecular complexity index is 1630. The van der Waals surface area contributed by atoms with Crippen LogP contribution in [0.25, 0.3) is 0 Å². The Hall–Kier alpha value is -4.30.